The van der Waals surface area contributed by atoms with Gasteiger partial charge in [-0.2, -0.15) is 0 Å². The SMILES string of the molecule is CCCCCCCCCCCC[CH2][GeH2][CH]1CCCCO1. The van der Waals surface area contributed by atoms with Gasteiger partial charge in [0.05, 0.1) is 0 Å². The van der Waals surface area contributed by atoms with E-state index in [-0.39, 0.29) is 15.4 Å². The van der Waals surface area contributed by atoms with Crippen LogP contribution in [0.5, 0.6) is 0 Å². The molecule has 1 aliphatic rings. The van der Waals surface area contributed by atoms with E-state index in [0.29, 0.717) is 0 Å². The molecule has 1 heterocycles. The van der Waals surface area contributed by atoms with E-state index in [0.717, 1.165) is 11.5 Å². The average molecular weight is 343 g/mol. The van der Waals surface area contributed by atoms with Crippen molar-refractivity contribution in [1.29, 1.82) is 0 Å². The molecule has 1 fully saturated rings. The first kappa shape index (κ1) is 18.6. The van der Waals surface area contributed by atoms with E-state index < -0.39 is 0 Å². The minimum atomic E-state index is -0.343. The molecule has 0 N–H and O–H groups in total. The van der Waals surface area contributed by atoms with Crippen molar-refractivity contribution in [2.75, 3.05) is 6.61 Å². The topological polar surface area (TPSA) is 9.23 Å². The maximum absolute atomic E-state index is 5.86. The van der Waals surface area contributed by atoms with Crippen LogP contribution in [0, 0.1) is 0 Å². The summed E-state index contributed by atoms with van der Waals surface area (Å²) in [7, 11) is 0. The van der Waals surface area contributed by atoms with Crippen molar-refractivity contribution in [3.8, 4) is 0 Å². The summed E-state index contributed by atoms with van der Waals surface area (Å²) in [5.74, 6) is 0. The van der Waals surface area contributed by atoms with Crippen LogP contribution in [-0.2, 0) is 4.74 Å². The van der Waals surface area contributed by atoms with Crippen LogP contribution in [-0.4, -0.2) is 27.0 Å². The first-order valence-electron chi connectivity index (χ1n) is 9.55. The van der Waals surface area contributed by atoms with E-state index in [4.69, 9.17) is 4.74 Å². The van der Waals surface area contributed by atoms with Crippen LogP contribution >= 0.6 is 0 Å². The molecule has 0 saturated carbocycles. The molecule has 1 aliphatic heterocycles. The molecule has 0 aromatic heterocycles. The van der Waals surface area contributed by atoms with Crippen molar-refractivity contribution < 1.29 is 4.74 Å². The number of unbranched alkanes of at least 4 members (excludes halogenated alkanes) is 10. The van der Waals surface area contributed by atoms with Gasteiger partial charge in [0.2, 0.25) is 0 Å². The van der Waals surface area contributed by atoms with Crippen molar-refractivity contribution in [3.05, 3.63) is 0 Å². The Bertz CT molecular complexity index is 190. The third-order valence-corrected chi connectivity index (χ3v) is 9.26. The van der Waals surface area contributed by atoms with Gasteiger partial charge in [0.1, 0.15) is 0 Å². The average Bonchev–Trinajstić information content (AvgIpc) is 2.49. The molecule has 1 atom stereocenters. The molecule has 0 amide bonds. The number of hydrogen-bond donors (Lipinski definition) is 0. The number of rotatable bonds is 13. The molecule has 0 aliphatic carbocycles. The summed E-state index contributed by atoms with van der Waals surface area (Å²) in [5, 5.41) is 1.58. The predicted octanol–water partition coefficient (Wildman–Crippen LogP) is 5.41. The Labute approximate surface area is 134 Å². The van der Waals surface area contributed by atoms with Gasteiger partial charge in [-0.05, 0) is 0 Å². The summed E-state index contributed by atoms with van der Waals surface area (Å²) in [6, 6.07) is 0. The molecule has 1 nitrogen and oxygen atoms in total. The molecule has 1 rings (SSSR count). The van der Waals surface area contributed by atoms with Crippen molar-refractivity contribution in [3.63, 3.8) is 0 Å². The Morgan fingerprint density at radius 1 is 0.800 bits per heavy atom. The third kappa shape index (κ3) is 11.2. The molecule has 0 spiro atoms. The molecule has 1 unspecified atom stereocenters. The van der Waals surface area contributed by atoms with E-state index in [1.54, 1.807) is 5.25 Å². The number of hydrogen-bond acceptors (Lipinski definition) is 1. The summed E-state index contributed by atoms with van der Waals surface area (Å²) in [6.07, 6.45) is 20.3. The second-order valence-corrected chi connectivity index (χ2v) is 11.3. The molecule has 20 heavy (non-hydrogen) atoms. The molecule has 120 valence electrons. The van der Waals surface area contributed by atoms with Gasteiger partial charge in [-0.3, -0.25) is 0 Å². The van der Waals surface area contributed by atoms with E-state index in [2.05, 4.69) is 6.92 Å². The summed E-state index contributed by atoms with van der Waals surface area (Å²) in [4.78, 5) is 0.791. The van der Waals surface area contributed by atoms with Gasteiger partial charge in [-0.1, -0.05) is 6.92 Å². The molecule has 1 saturated heterocycles. The van der Waals surface area contributed by atoms with Gasteiger partial charge < -0.3 is 0 Å². The van der Waals surface area contributed by atoms with Crippen LogP contribution in [0.2, 0.25) is 5.25 Å². The summed E-state index contributed by atoms with van der Waals surface area (Å²) in [5.41, 5.74) is 0. The zero-order chi connectivity index (χ0) is 14.3. The molecule has 0 bridgehead atoms. The minimum absolute atomic E-state index is 0.343. The van der Waals surface area contributed by atoms with Crippen LogP contribution in [0.4, 0.5) is 0 Å². The van der Waals surface area contributed by atoms with Gasteiger partial charge in [0.25, 0.3) is 0 Å². The predicted molar refractivity (Wildman–Crippen MR) is 93.4 cm³/mol. The van der Waals surface area contributed by atoms with Gasteiger partial charge in [-0.25, -0.2) is 0 Å². The fourth-order valence-corrected chi connectivity index (χ4v) is 7.46. The van der Waals surface area contributed by atoms with E-state index >= 15 is 0 Å². The fourth-order valence-electron chi connectivity index (χ4n) is 3.25. The normalized spacial score (nSPS) is 19.9. The molecular weight excluding hydrogens is 305 g/mol. The Morgan fingerprint density at radius 2 is 1.40 bits per heavy atom. The standard InChI is InChI=1S/C18H38GeO/c1-2-3-4-5-6-7-8-9-10-11-13-16-19-18-15-12-14-17-20-18/h18H,2-17,19H2,1H3. The fraction of sp³-hybridized carbons (Fsp3) is 1.00. The van der Waals surface area contributed by atoms with Crippen LogP contribution in [0.1, 0.15) is 96.8 Å². The number of ether oxygens (including phenoxy) is 1. The third-order valence-electron chi connectivity index (χ3n) is 4.65. The van der Waals surface area contributed by atoms with Crippen LogP contribution in [0.3, 0.4) is 0 Å². The Kier molecular flexibility index (Phi) is 13.4. The van der Waals surface area contributed by atoms with Crippen molar-refractivity contribution in [2.24, 2.45) is 0 Å². The quantitative estimate of drug-likeness (QED) is 0.321. The van der Waals surface area contributed by atoms with Crippen LogP contribution < -0.4 is 0 Å². The molecule has 0 aromatic carbocycles. The van der Waals surface area contributed by atoms with Crippen molar-refractivity contribution >= 4 is 15.4 Å². The van der Waals surface area contributed by atoms with Crippen molar-refractivity contribution in [2.45, 2.75) is 107 Å². The van der Waals surface area contributed by atoms with Gasteiger partial charge >= 0.3 is 127 Å². The molecule has 2 heteroatoms. The maximum atomic E-state index is 5.86. The summed E-state index contributed by atoms with van der Waals surface area (Å²) < 4.78 is 5.86. The van der Waals surface area contributed by atoms with Crippen LogP contribution in [0.15, 0.2) is 0 Å². The zero-order valence-corrected chi connectivity index (χ0v) is 17.0. The van der Waals surface area contributed by atoms with Gasteiger partial charge in [-0.15, -0.1) is 0 Å². The Balaban J connectivity index is 1.70. The van der Waals surface area contributed by atoms with E-state index in [1.807, 2.05) is 0 Å². The van der Waals surface area contributed by atoms with Crippen molar-refractivity contribution in [1.82, 2.24) is 0 Å². The zero-order valence-electron chi connectivity index (χ0n) is 14.0. The summed E-state index contributed by atoms with van der Waals surface area (Å²) in [6.45, 7) is 3.36. The van der Waals surface area contributed by atoms with E-state index in [9.17, 15) is 0 Å². The van der Waals surface area contributed by atoms with Gasteiger partial charge in [0, 0.05) is 0 Å². The second-order valence-electron chi connectivity index (χ2n) is 6.67. The van der Waals surface area contributed by atoms with Crippen LogP contribution in [0.25, 0.3) is 0 Å². The monoisotopic (exact) mass is 344 g/mol. The Hall–Kier alpha value is 0.503. The van der Waals surface area contributed by atoms with E-state index in [1.165, 1.54) is 89.9 Å². The second kappa shape index (κ2) is 14.4. The molecular formula is C18H38GeO. The first-order valence-corrected chi connectivity index (χ1v) is 13.4. The van der Waals surface area contributed by atoms with Gasteiger partial charge in [0.15, 0.2) is 0 Å². The molecule has 0 aromatic rings. The molecule has 0 radical (unpaired) electrons. The Morgan fingerprint density at radius 3 is 1.95 bits per heavy atom. The first-order chi connectivity index (χ1) is 9.93. The summed E-state index contributed by atoms with van der Waals surface area (Å²) >= 11 is -0.343.